The highest BCUT2D eigenvalue weighted by Crippen LogP contribution is 2.21. The van der Waals surface area contributed by atoms with E-state index in [4.69, 9.17) is 4.74 Å². The third kappa shape index (κ3) is 4.70. The topological polar surface area (TPSA) is 49.9 Å². The van der Waals surface area contributed by atoms with Gasteiger partial charge < -0.3 is 10.1 Å². The lowest BCUT2D eigenvalue weighted by molar-refractivity contribution is 0.414. The Kier molecular flexibility index (Phi) is 6.02. The van der Waals surface area contributed by atoms with E-state index in [-0.39, 0.29) is 5.82 Å². The number of aromatic amines is 1. The van der Waals surface area contributed by atoms with E-state index in [0.717, 1.165) is 35.4 Å². The molecule has 1 unspecified atom stereocenters. The van der Waals surface area contributed by atoms with Crippen molar-refractivity contribution in [3.63, 3.8) is 0 Å². The molecule has 2 N–H and O–H groups in total. The second-order valence-corrected chi connectivity index (χ2v) is 6.45. The third-order valence-electron chi connectivity index (χ3n) is 4.52. The van der Waals surface area contributed by atoms with Gasteiger partial charge in [-0.1, -0.05) is 12.1 Å². The maximum Gasteiger partial charge on any atom is 0.123 e. The Morgan fingerprint density at radius 3 is 2.54 bits per heavy atom. The Morgan fingerprint density at radius 2 is 1.85 bits per heavy atom. The number of methoxy groups -OCH3 is 1. The van der Waals surface area contributed by atoms with Crippen molar-refractivity contribution >= 4 is 0 Å². The molecule has 3 rings (SSSR count). The fourth-order valence-electron chi connectivity index (χ4n) is 2.87. The second-order valence-electron chi connectivity index (χ2n) is 6.45. The smallest absolute Gasteiger partial charge is 0.123 e. The Bertz CT molecular complexity index is 812. The molecule has 4 nitrogen and oxygen atoms in total. The van der Waals surface area contributed by atoms with Gasteiger partial charge in [-0.3, -0.25) is 5.10 Å². The van der Waals surface area contributed by atoms with Gasteiger partial charge >= 0.3 is 0 Å². The molecule has 0 radical (unpaired) electrons. The molecule has 5 heteroatoms. The molecule has 2 aromatic carbocycles. The Morgan fingerprint density at radius 1 is 1.12 bits per heavy atom. The van der Waals surface area contributed by atoms with Gasteiger partial charge in [0.25, 0.3) is 0 Å². The molecular formula is C21H24FN3O. The van der Waals surface area contributed by atoms with Crippen molar-refractivity contribution in [1.82, 2.24) is 15.5 Å². The first kappa shape index (κ1) is 18.1. The second kappa shape index (κ2) is 8.63. The van der Waals surface area contributed by atoms with Crippen LogP contribution in [0.2, 0.25) is 0 Å². The van der Waals surface area contributed by atoms with Crippen LogP contribution in [-0.4, -0.2) is 23.3 Å². The van der Waals surface area contributed by atoms with Gasteiger partial charge in [0.15, 0.2) is 0 Å². The van der Waals surface area contributed by atoms with Crippen molar-refractivity contribution in [1.29, 1.82) is 0 Å². The molecule has 0 aliphatic carbocycles. The lowest BCUT2D eigenvalue weighted by atomic mass is 10.0. The van der Waals surface area contributed by atoms with Gasteiger partial charge in [0.05, 0.1) is 19.0 Å². The van der Waals surface area contributed by atoms with Crippen LogP contribution in [0.3, 0.4) is 0 Å². The maximum absolute atomic E-state index is 13.1. The number of H-pyrrole nitrogens is 1. The Labute approximate surface area is 153 Å². The first-order chi connectivity index (χ1) is 12.7. The van der Waals surface area contributed by atoms with Crippen LogP contribution in [0.4, 0.5) is 4.39 Å². The first-order valence-corrected chi connectivity index (χ1v) is 8.80. The van der Waals surface area contributed by atoms with Gasteiger partial charge in [-0.15, -0.1) is 0 Å². The molecule has 0 aliphatic heterocycles. The summed E-state index contributed by atoms with van der Waals surface area (Å²) in [7, 11) is 1.68. The average Bonchev–Trinajstić information content (AvgIpc) is 3.14. The summed E-state index contributed by atoms with van der Waals surface area (Å²) < 4.78 is 18.3. The molecule has 1 atom stereocenters. The van der Waals surface area contributed by atoms with Gasteiger partial charge in [0, 0.05) is 23.7 Å². The predicted octanol–water partition coefficient (Wildman–Crippen LogP) is 4.34. The highest BCUT2D eigenvalue weighted by molar-refractivity contribution is 5.62. The standard InChI is InChI=1S/C21H24FN3O/c1-15(3-4-16-5-11-20(26-2)12-6-16)23-13-18-14-24-25-21(18)17-7-9-19(22)10-8-17/h5-12,14-15,23H,3-4,13H2,1-2H3,(H,24,25). The molecule has 0 bridgehead atoms. The summed E-state index contributed by atoms with van der Waals surface area (Å²) in [5, 5.41) is 10.7. The van der Waals surface area contributed by atoms with Crippen LogP contribution in [0.1, 0.15) is 24.5 Å². The number of benzene rings is 2. The van der Waals surface area contributed by atoms with Crippen LogP contribution >= 0.6 is 0 Å². The Balaban J connectivity index is 1.52. The molecule has 0 aliphatic rings. The highest BCUT2D eigenvalue weighted by atomic mass is 19.1. The largest absolute Gasteiger partial charge is 0.497 e. The molecule has 0 amide bonds. The molecule has 136 valence electrons. The molecule has 1 heterocycles. The number of aromatic nitrogens is 2. The van der Waals surface area contributed by atoms with Crippen molar-refractivity contribution in [3.05, 3.63) is 71.7 Å². The van der Waals surface area contributed by atoms with Gasteiger partial charge in [-0.05, 0) is 61.7 Å². The van der Waals surface area contributed by atoms with Gasteiger partial charge in [0.2, 0.25) is 0 Å². The number of rotatable bonds is 8. The lowest BCUT2D eigenvalue weighted by Crippen LogP contribution is -2.26. The fourth-order valence-corrected chi connectivity index (χ4v) is 2.87. The zero-order valence-electron chi connectivity index (χ0n) is 15.1. The SMILES string of the molecule is COc1ccc(CCC(C)NCc2cn[nH]c2-c2ccc(F)cc2)cc1. The number of nitrogens with zero attached hydrogens (tertiary/aromatic N) is 1. The van der Waals surface area contributed by atoms with Crippen molar-refractivity contribution in [2.45, 2.75) is 32.4 Å². The van der Waals surface area contributed by atoms with E-state index in [1.807, 2.05) is 18.3 Å². The van der Waals surface area contributed by atoms with Gasteiger partial charge in [0.1, 0.15) is 11.6 Å². The predicted molar refractivity (Wildman–Crippen MR) is 102 cm³/mol. The van der Waals surface area contributed by atoms with Gasteiger partial charge in [-0.25, -0.2) is 4.39 Å². The van der Waals surface area contributed by atoms with Crippen molar-refractivity contribution in [3.8, 4) is 17.0 Å². The van der Waals surface area contributed by atoms with Crippen LogP contribution in [0.15, 0.2) is 54.7 Å². The molecule has 0 fully saturated rings. The minimum atomic E-state index is -0.236. The summed E-state index contributed by atoms with van der Waals surface area (Å²) in [6.07, 6.45) is 3.87. The maximum atomic E-state index is 13.1. The molecule has 0 spiro atoms. The third-order valence-corrected chi connectivity index (χ3v) is 4.52. The van der Waals surface area contributed by atoms with E-state index in [9.17, 15) is 4.39 Å². The average molecular weight is 353 g/mol. The summed E-state index contributed by atoms with van der Waals surface area (Å²) in [6, 6.07) is 15.0. The summed E-state index contributed by atoms with van der Waals surface area (Å²) in [4.78, 5) is 0. The van der Waals surface area contributed by atoms with Crippen LogP contribution < -0.4 is 10.1 Å². The molecule has 1 aromatic heterocycles. The summed E-state index contributed by atoms with van der Waals surface area (Å²) in [5.74, 6) is 0.647. The van der Waals surface area contributed by atoms with Crippen LogP contribution in [0.25, 0.3) is 11.3 Å². The molecule has 0 saturated carbocycles. The van der Waals surface area contributed by atoms with E-state index in [2.05, 4.69) is 34.6 Å². The van der Waals surface area contributed by atoms with E-state index in [1.54, 1.807) is 19.2 Å². The molecule has 3 aromatic rings. The lowest BCUT2D eigenvalue weighted by Gasteiger charge is -2.14. The van der Waals surface area contributed by atoms with E-state index in [1.165, 1.54) is 17.7 Å². The normalized spacial score (nSPS) is 12.1. The van der Waals surface area contributed by atoms with Crippen molar-refractivity contribution in [2.24, 2.45) is 0 Å². The Hall–Kier alpha value is -2.66. The first-order valence-electron chi connectivity index (χ1n) is 8.80. The molecular weight excluding hydrogens is 329 g/mol. The number of nitrogens with one attached hydrogen (secondary N) is 2. The zero-order chi connectivity index (χ0) is 18.4. The van der Waals surface area contributed by atoms with Crippen LogP contribution in [0.5, 0.6) is 5.75 Å². The summed E-state index contributed by atoms with van der Waals surface area (Å²) >= 11 is 0. The van der Waals surface area contributed by atoms with Crippen LogP contribution in [-0.2, 0) is 13.0 Å². The quantitative estimate of drug-likeness (QED) is 0.633. The number of ether oxygens (including phenoxy) is 1. The zero-order valence-corrected chi connectivity index (χ0v) is 15.1. The highest BCUT2D eigenvalue weighted by Gasteiger charge is 2.09. The minimum absolute atomic E-state index is 0.236. The van der Waals surface area contributed by atoms with Crippen molar-refractivity contribution < 1.29 is 9.13 Å². The van der Waals surface area contributed by atoms with Crippen LogP contribution in [0, 0.1) is 5.82 Å². The summed E-state index contributed by atoms with van der Waals surface area (Å²) in [5.41, 5.74) is 4.24. The van der Waals surface area contributed by atoms with E-state index >= 15 is 0 Å². The fraction of sp³-hybridized carbons (Fsp3) is 0.286. The monoisotopic (exact) mass is 353 g/mol. The number of halogens is 1. The minimum Gasteiger partial charge on any atom is -0.497 e. The van der Waals surface area contributed by atoms with Crippen molar-refractivity contribution in [2.75, 3.05) is 7.11 Å². The number of aryl methyl sites for hydroxylation is 1. The molecule has 26 heavy (non-hydrogen) atoms. The number of hydrogen-bond donors (Lipinski definition) is 2. The van der Waals surface area contributed by atoms with E-state index in [0.29, 0.717) is 12.6 Å². The number of hydrogen-bond acceptors (Lipinski definition) is 3. The van der Waals surface area contributed by atoms with Gasteiger partial charge in [-0.2, -0.15) is 5.10 Å². The van der Waals surface area contributed by atoms with E-state index < -0.39 is 0 Å². The summed E-state index contributed by atoms with van der Waals surface area (Å²) in [6.45, 7) is 2.90. The molecule has 0 saturated heterocycles.